The Morgan fingerprint density at radius 3 is 1.52 bits per heavy atom. The SMILES string of the molecule is FC(F)(F)C(F)(c1ccc(Cl)cc1)c1cc(Cl)cc(Cl)c1. The average Bonchev–Trinajstić information content (AvgIpc) is 2.36. The average molecular weight is 358 g/mol. The molecular weight excluding hydrogens is 351 g/mol. The second kappa shape index (κ2) is 5.67. The maximum Gasteiger partial charge on any atom is 0.431 e. The molecule has 21 heavy (non-hydrogen) atoms. The van der Waals surface area contributed by atoms with E-state index in [4.69, 9.17) is 34.8 Å². The van der Waals surface area contributed by atoms with E-state index >= 15 is 0 Å². The van der Waals surface area contributed by atoms with E-state index in [1.165, 1.54) is 18.2 Å². The zero-order valence-electron chi connectivity index (χ0n) is 10.2. The Kier molecular flexibility index (Phi) is 4.43. The first-order valence-electron chi connectivity index (χ1n) is 5.63. The fourth-order valence-electron chi connectivity index (χ4n) is 1.93. The van der Waals surface area contributed by atoms with Crippen LogP contribution >= 0.6 is 34.8 Å². The fraction of sp³-hybridized carbons (Fsp3) is 0.143. The third-order valence-electron chi connectivity index (χ3n) is 2.89. The zero-order chi connectivity index (χ0) is 15.8. The lowest BCUT2D eigenvalue weighted by Crippen LogP contribution is -2.39. The summed E-state index contributed by atoms with van der Waals surface area (Å²) in [5.41, 5.74) is -5.01. The molecule has 0 aliphatic carbocycles. The van der Waals surface area contributed by atoms with Crippen LogP contribution in [0.3, 0.4) is 0 Å². The van der Waals surface area contributed by atoms with Gasteiger partial charge < -0.3 is 0 Å². The van der Waals surface area contributed by atoms with Crippen LogP contribution in [0.25, 0.3) is 0 Å². The van der Waals surface area contributed by atoms with Crippen molar-refractivity contribution in [3.05, 3.63) is 68.7 Å². The van der Waals surface area contributed by atoms with Crippen molar-refractivity contribution in [2.24, 2.45) is 0 Å². The second-order valence-corrected chi connectivity index (χ2v) is 5.63. The molecular formula is C14H7Cl3F4. The summed E-state index contributed by atoms with van der Waals surface area (Å²) < 4.78 is 55.0. The largest absolute Gasteiger partial charge is 0.431 e. The highest BCUT2D eigenvalue weighted by atomic mass is 35.5. The third-order valence-corrected chi connectivity index (χ3v) is 3.58. The van der Waals surface area contributed by atoms with Gasteiger partial charge in [-0.2, -0.15) is 13.2 Å². The van der Waals surface area contributed by atoms with Crippen molar-refractivity contribution in [2.75, 3.05) is 0 Å². The van der Waals surface area contributed by atoms with Gasteiger partial charge in [0.2, 0.25) is 0 Å². The summed E-state index contributed by atoms with van der Waals surface area (Å²) in [5.74, 6) is 0. The Hall–Kier alpha value is -0.970. The van der Waals surface area contributed by atoms with Gasteiger partial charge in [0.05, 0.1) is 0 Å². The highest BCUT2D eigenvalue weighted by molar-refractivity contribution is 6.34. The fourth-order valence-corrected chi connectivity index (χ4v) is 2.58. The van der Waals surface area contributed by atoms with Crippen molar-refractivity contribution in [3.63, 3.8) is 0 Å². The minimum atomic E-state index is -5.19. The molecule has 0 saturated carbocycles. The summed E-state index contributed by atoms with van der Waals surface area (Å²) >= 11 is 17.0. The maximum atomic E-state index is 15.0. The Bertz CT molecular complexity index is 632. The van der Waals surface area contributed by atoms with E-state index in [2.05, 4.69) is 0 Å². The molecule has 112 valence electrons. The van der Waals surface area contributed by atoms with E-state index in [1.54, 1.807) is 0 Å². The van der Waals surface area contributed by atoms with Crippen LogP contribution in [0.1, 0.15) is 11.1 Å². The van der Waals surface area contributed by atoms with Crippen LogP contribution in [0.2, 0.25) is 15.1 Å². The van der Waals surface area contributed by atoms with Gasteiger partial charge in [0.15, 0.2) is 0 Å². The van der Waals surface area contributed by atoms with Gasteiger partial charge in [0, 0.05) is 26.2 Å². The van der Waals surface area contributed by atoms with Crippen molar-refractivity contribution in [3.8, 4) is 0 Å². The van der Waals surface area contributed by atoms with E-state index in [1.807, 2.05) is 0 Å². The van der Waals surface area contributed by atoms with E-state index in [0.717, 1.165) is 24.3 Å². The van der Waals surface area contributed by atoms with Crippen molar-refractivity contribution >= 4 is 34.8 Å². The number of alkyl halides is 4. The lowest BCUT2D eigenvalue weighted by Gasteiger charge is -2.29. The smallest absolute Gasteiger partial charge is 0.223 e. The molecule has 0 heterocycles. The number of hydrogen-bond donors (Lipinski definition) is 0. The van der Waals surface area contributed by atoms with Crippen LogP contribution in [-0.4, -0.2) is 6.18 Å². The number of halogens is 7. The monoisotopic (exact) mass is 356 g/mol. The van der Waals surface area contributed by atoms with Crippen LogP contribution < -0.4 is 0 Å². The van der Waals surface area contributed by atoms with Gasteiger partial charge in [0.1, 0.15) is 0 Å². The summed E-state index contributed by atoms with van der Waals surface area (Å²) in [6.07, 6.45) is -5.19. The zero-order valence-corrected chi connectivity index (χ0v) is 12.5. The van der Waals surface area contributed by atoms with Crippen LogP contribution in [0.5, 0.6) is 0 Å². The van der Waals surface area contributed by atoms with Crippen molar-refractivity contribution in [1.82, 2.24) is 0 Å². The van der Waals surface area contributed by atoms with Crippen molar-refractivity contribution in [2.45, 2.75) is 11.8 Å². The third kappa shape index (κ3) is 3.12. The minimum absolute atomic E-state index is 0.0854. The topological polar surface area (TPSA) is 0 Å². The van der Waals surface area contributed by atoms with Gasteiger partial charge in [-0.15, -0.1) is 0 Å². The molecule has 1 atom stereocenters. The molecule has 0 saturated heterocycles. The molecule has 0 radical (unpaired) electrons. The van der Waals surface area contributed by atoms with Crippen LogP contribution in [0, 0.1) is 0 Å². The highest BCUT2D eigenvalue weighted by Gasteiger charge is 2.58. The number of hydrogen-bond acceptors (Lipinski definition) is 0. The molecule has 0 nitrogen and oxygen atoms in total. The summed E-state index contributed by atoms with van der Waals surface area (Å²) in [6.45, 7) is 0. The molecule has 2 rings (SSSR count). The molecule has 0 bridgehead atoms. The predicted octanol–water partition coefficient (Wildman–Crippen LogP) is 6.42. The van der Waals surface area contributed by atoms with Gasteiger partial charge in [-0.25, -0.2) is 4.39 Å². The molecule has 0 fully saturated rings. The van der Waals surface area contributed by atoms with E-state index in [0.29, 0.717) is 0 Å². The van der Waals surface area contributed by atoms with E-state index in [9.17, 15) is 17.6 Å². The second-order valence-electron chi connectivity index (χ2n) is 4.32. The summed E-state index contributed by atoms with van der Waals surface area (Å²) in [7, 11) is 0. The summed E-state index contributed by atoms with van der Waals surface area (Å²) in [4.78, 5) is 0. The first-order chi connectivity index (χ1) is 9.64. The number of rotatable bonds is 2. The van der Waals surface area contributed by atoms with Crippen LogP contribution in [-0.2, 0) is 5.67 Å². The molecule has 0 amide bonds. The van der Waals surface area contributed by atoms with Crippen LogP contribution in [0.15, 0.2) is 42.5 Å². The lowest BCUT2D eigenvalue weighted by molar-refractivity contribution is -0.219. The van der Waals surface area contributed by atoms with Crippen molar-refractivity contribution in [1.29, 1.82) is 0 Å². The molecule has 0 spiro atoms. The molecule has 2 aromatic carbocycles. The Balaban J connectivity index is 2.70. The normalized spacial score (nSPS) is 14.8. The molecule has 1 unspecified atom stereocenters. The minimum Gasteiger partial charge on any atom is -0.223 e. The van der Waals surface area contributed by atoms with E-state index < -0.39 is 23.0 Å². The standard InChI is InChI=1S/C14H7Cl3F4/c15-10-3-1-8(2-4-10)13(18,14(19,20)21)9-5-11(16)7-12(17)6-9/h1-7H. The molecule has 0 aliphatic heterocycles. The molecule has 7 heteroatoms. The Morgan fingerprint density at radius 2 is 1.10 bits per heavy atom. The molecule has 0 aromatic heterocycles. The van der Waals surface area contributed by atoms with Crippen molar-refractivity contribution < 1.29 is 17.6 Å². The quantitative estimate of drug-likeness (QED) is 0.544. The van der Waals surface area contributed by atoms with Gasteiger partial charge in [-0.1, -0.05) is 46.9 Å². The first kappa shape index (κ1) is 16.4. The molecule has 0 N–H and O–H groups in total. The van der Waals surface area contributed by atoms with Gasteiger partial charge >= 0.3 is 6.18 Å². The van der Waals surface area contributed by atoms with E-state index in [-0.39, 0.29) is 15.1 Å². The maximum absolute atomic E-state index is 15.0. The summed E-state index contributed by atoms with van der Waals surface area (Å²) in [6, 6.07) is 7.35. The predicted molar refractivity (Wildman–Crippen MR) is 75.9 cm³/mol. The highest BCUT2D eigenvalue weighted by Crippen LogP contribution is 2.48. The first-order valence-corrected chi connectivity index (χ1v) is 6.76. The van der Waals surface area contributed by atoms with Crippen LogP contribution in [0.4, 0.5) is 17.6 Å². The Labute approximate surface area is 133 Å². The molecule has 0 aliphatic rings. The Morgan fingerprint density at radius 1 is 0.619 bits per heavy atom. The summed E-state index contributed by atoms with van der Waals surface area (Å²) in [5, 5.41) is 0.0304. The number of benzene rings is 2. The lowest BCUT2D eigenvalue weighted by atomic mass is 9.87. The molecule has 2 aromatic rings. The van der Waals surface area contributed by atoms with Gasteiger partial charge in [-0.3, -0.25) is 0 Å². The van der Waals surface area contributed by atoms with Gasteiger partial charge in [-0.05, 0) is 30.3 Å². The van der Waals surface area contributed by atoms with Gasteiger partial charge in [0.25, 0.3) is 5.67 Å².